The predicted octanol–water partition coefficient (Wildman–Crippen LogP) is 2.34. The second kappa shape index (κ2) is 7.86. The third kappa shape index (κ3) is 7.66. The summed E-state index contributed by atoms with van der Waals surface area (Å²) in [5.74, 6) is 1.01. The number of rotatable bonds is 7. The first-order valence-corrected chi connectivity index (χ1v) is 6.61. The van der Waals surface area contributed by atoms with Crippen LogP contribution in [0.15, 0.2) is 12.3 Å². The molecule has 0 bridgehead atoms. The number of unbranched alkanes of at least 4 members (excludes halogenated alkanes) is 1. The van der Waals surface area contributed by atoms with Crippen LogP contribution in [0, 0.1) is 0 Å². The highest BCUT2D eigenvalue weighted by atomic mass is 28.2. The smallest absolute Gasteiger partial charge is 0.0855 e. The van der Waals surface area contributed by atoms with Crippen molar-refractivity contribution in [2.24, 2.45) is 0 Å². The van der Waals surface area contributed by atoms with Crippen LogP contribution in [-0.2, 0) is 4.74 Å². The normalized spacial score (nSPS) is 10.7. The average Bonchev–Trinajstić information content (AvgIpc) is 1.99. The Bertz CT molecular complexity index is 102. The molecule has 0 saturated heterocycles. The molecule has 0 aromatic carbocycles. The average molecular weight is 172 g/mol. The highest BCUT2D eigenvalue weighted by Crippen LogP contribution is 2.03. The van der Waals surface area contributed by atoms with Crippen molar-refractivity contribution in [3.63, 3.8) is 0 Å². The van der Waals surface area contributed by atoms with Gasteiger partial charge < -0.3 is 4.74 Å². The van der Waals surface area contributed by atoms with Crippen LogP contribution < -0.4 is 0 Å². The number of hydrogen-bond donors (Lipinski definition) is 0. The summed E-state index contributed by atoms with van der Waals surface area (Å²) >= 11 is 0. The minimum absolute atomic E-state index is 0.108. The Morgan fingerprint density at radius 2 is 2.18 bits per heavy atom. The van der Waals surface area contributed by atoms with Crippen molar-refractivity contribution < 1.29 is 4.74 Å². The van der Waals surface area contributed by atoms with Crippen LogP contribution in [0.3, 0.4) is 0 Å². The van der Waals surface area contributed by atoms with Crippen LogP contribution in [0.25, 0.3) is 0 Å². The molecule has 0 rings (SSSR count). The Kier molecular flexibility index (Phi) is 7.69. The highest BCUT2D eigenvalue weighted by Gasteiger charge is 1.93. The Morgan fingerprint density at radius 1 is 1.45 bits per heavy atom. The van der Waals surface area contributed by atoms with Gasteiger partial charge in [-0.25, -0.2) is 0 Å². The van der Waals surface area contributed by atoms with E-state index < -0.39 is 0 Å². The Morgan fingerprint density at radius 3 is 2.73 bits per heavy atom. The first kappa shape index (κ1) is 10.8. The van der Waals surface area contributed by atoms with Crippen LogP contribution in [0.2, 0.25) is 12.1 Å². The molecule has 0 aromatic rings. The molecule has 0 amide bonds. The van der Waals surface area contributed by atoms with Crippen LogP contribution in [0.4, 0.5) is 0 Å². The van der Waals surface area contributed by atoms with E-state index in [4.69, 9.17) is 4.74 Å². The molecule has 2 heteroatoms. The topological polar surface area (TPSA) is 9.23 Å². The second-order valence-electron chi connectivity index (χ2n) is 2.78. The monoisotopic (exact) mass is 172 g/mol. The van der Waals surface area contributed by atoms with Crippen molar-refractivity contribution in [3.8, 4) is 0 Å². The minimum Gasteiger partial charge on any atom is -0.499 e. The van der Waals surface area contributed by atoms with Gasteiger partial charge in [0.25, 0.3) is 0 Å². The quantitative estimate of drug-likeness (QED) is 0.325. The van der Waals surface area contributed by atoms with Gasteiger partial charge in [-0.05, 0) is 13.0 Å². The molecule has 0 atom stereocenters. The fourth-order valence-electron chi connectivity index (χ4n) is 1.03. The van der Waals surface area contributed by atoms with E-state index in [0.29, 0.717) is 0 Å². The van der Waals surface area contributed by atoms with Crippen molar-refractivity contribution in [3.05, 3.63) is 12.3 Å². The van der Waals surface area contributed by atoms with E-state index in [1.165, 1.54) is 24.9 Å². The first-order chi connectivity index (χ1) is 5.31. The predicted molar refractivity (Wildman–Crippen MR) is 53.8 cm³/mol. The van der Waals surface area contributed by atoms with Gasteiger partial charge in [0.2, 0.25) is 0 Å². The molecule has 0 aromatic heterocycles. The van der Waals surface area contributed by atoms with Gasteiger partial charge >= 0.3 is 0 Å². The molecule has 0 N–H and O–H groups in total. The summed E-state index contributed by atoms with van der Waals surface area (Å²) in [7, 11) is 0.108. The van der Waals surface area contributed by atoms with Crippen molar-refractivity contribution in [2.75, 3.05) is 6.61 Å². The van der Waals surface area contributed by atoms with Crippen LogP contribution in [0.1, 0.15) is 26.7 Å². The third-order valence-corrected chi connectivity index (χ3v) is 3.57. The van der Waals surface area contributed by atoms with E-state index in [1.54, 1.807) is 0 Å². The lowest BCUT2D eigenvalue weighted by Crippen LogP contribution is -1.95. The lowest BCUT2D eigenvalue weighted by Gasteiger charge is -2.04. The van der Waals surface area contributed by atoms with Gasteiger partial charge in [0.15, 0.2) is 0 Å². The molecule has 0 spiro atoms. The van der Waals surface area contributed by atoms with Gasteiger partial charge in [0.05, 0.1) is 12.4 Å². The summed E-state index contributed by atoms with van der Waals surface area (Å²) in [6, 6.07) is 2.62. The Labute approximate surface area is 72.7 Å². The van der Waals surface area contributed by atoms with Crippen LogP contribution in [-0.4, -0.2) is 16.1 Å². The zero-order valence-electron chi connectivity index (χ0n) is 7.86. The van der Waals surface area contributed by atoms with Gasteiger partial charge in [0.1, 0.15) is 0 Å². The fraction of sp³-hybridized carbons (Fsp3) is 0.778. The zero-order chi connectivity index (χ0) is 8.53. The van der Waals surface area contributed by atoms with E-state index in [1.807, 2.05) is 6.92 Å². The molecule has 0 aliphatic rings. The zero-order valence-corrected chi connectivity index (χ0v) is 9.27. The van der Waals surface area contributed by atoms with Crippen LogP contribution in [0.5, 0.6) is 0 Å². The maximum absolute atomic E-state index is 5.26. The molecular weight excluding hydrogens is 152 g/mol. The Balaban J connectivity index is 3.04. The summed E-state index contributed by atoms with van der Waals surface area (Å²) in [4.78, 5) is 0. The largest absolute Gasteiger partial charge is 0.499 e. The summed E-state index contributed by atoms with van der Waals surface area (Å²) in [6.07, 6.45) is 2.72. The molecule has 0 aliphatic heterocycles. The van der Waals surface area contributed by atoms with Crippen molar-refractivity contribution in [1.29, 1.82) is 0 Å². The maximum atomic E-state index is 5.26. The first-order valence-electron chi connectivity index (χ1n) is 4.61. The summed E-state index contributed by atoms with van der Waals surface area (Å²) in [5.41, 5.74) is 0. The maximum Gasteiger partial charge on any atom is 0.0855 e. The Hall–Kier alpha value is -0.243. The van der Waals surface area contributed by atoms with Gasteiger partial charge in [-0.3, -0.25) is 0 Å². The van der Waals surface area contributed by atoms with E-state index in [0.717, 1.165) is 12.4 Å². The van der Waals surface area contributed by atoms with Crippen molar-refractivity contribution >= 4 is 9.52 Å². The number of ether oxygens (including phenoxy) is 1. The minimum atomic E-state index is 0.108. The van der Waals surface area contributed by atoms with Gasteiger partial charge in [-0.2, -0.15) is 0 Å². The second-order valence-corrected chi connectivity index (χ2v) is 4.70. The summed E-state index contributed by atoms with van der Waals surface area (Å²) < 4.78 is 5.26. The fourth-order valence-corrected chi connectivity index (χ4v) is 2.67. The highest BCUT2D eigenvalue weighted by molar-refractivity contribution is 6.36. The SMILES string of the molecule is C=C(C[SiH2]CCCC)OCC. The molecule has 0 saturated carbocycles. The summed E-state index contributed by atoms with van der Waals surface area (Å²) in [6.45, 7) is 8.89. The van der Waals surface area contributed by atoms with Gasteiger partial charge in [-0.15, -0.1) is 0 Å². The van der Waals surface area contributed by atoms with Gasteiger partial charge in [0, 0.05) is 9.52 Å². The van der Waals surface area contributed by atoms with Crippen molar-refractivity contribution in [2.45, 2.75) is 38.8 Å². The summed E-state index contributed by atoms with van der Waals surface area (Å²) in [5, 5.41) is 0. The molecular formula is C9H20OSi. The van der Waals surface area contributed by atoms with E-state index >= 15 is 0 Å². The molecule has 1 nitrogen and oxygen atoms in total. The molecule has 11 heavy (non-hydrogen) atoms. The standard InChI is InChI=1S/C9H20OSi/c1-4-6-7-11-8-9(3)10-5-2/h3-8,11H2,1-2H3. The lowest BCUT2D eigenvalue weighted by molar-refractivity contribution is 0.233. The molecule has 0 aliphatic carbocycles. The van der Waals surface area contributed by atoms with Gasteiger partial charge in [-0.1, -0.05) is 32.4 Å². The number of hydrogen-bond acceptors (Lipinski definition) is 1. The molecule has 66 valence electrons. The molecule has 0 heterocycles. The third-order valence-electron chi connectivity index (χ3n) is 1.66. The molecule has 0 fully saturated rings. The number of allylic oxidation sites excluding steroid dienone is 1. The van der Waals surface area contributed by atoms with E-state index in [9.17, 15) is 0 Å². The van der Waals surface area contributed by atoms with Crippen molar-refractivity contribution in [1.82, 2.24) is 0 Å². The van der Waals surface area contributed by atoms with Crippen LogP contribution >= 0.6 is 0 Å². The van der Waals surface area contributed by atoms with E-state index in [2.05, 4.69) is 13.5 Å². The lowest BCUT2D eigenvalue weighted by atomic mass is 10.4. The molecule has 0 unspecified atom stereocenters. The molecule has 0 radical (unpaired) electrons. The van der Waals surface area contributed by atoms with E-state index in [-0.39, 0.29) is 9.52 Å².